The van der Waals surface area contributed by atoms with Crippen LogP contribution in [-0.2, 0) is 16.8 Å². The predicted molar refractivity (Wildman–Crippen MR) is 90.7 cm³/mol. The van der Waals surface area contributed by atoms with Gasteiger partial charge in [0.2, 0.25) is 5.91 Å². The summed E-state index contributed by atoms with van der Waals surface area (Å²) in [5.74, 6) is 0.241. The fourth-order valence-electron chi connectivity index (χ4n) is 2.70. The van der Waals surface area contributed by atoms with E-state index in [1.165, 1.54) is 6.26 Å². The molecule has 0 aliphatic rings. The molecule has 5 nitrogen and oxygen atoms in total. The molecule has 1 aromatic carbocycles. The lowest BCUT2D eigenvalue weighted by molar-refractivity contribution is -0.121. The van der Waals surface area contributed by atoms with Crippen molar-refractivity contribution in [2.45, 2.75) is 32.8 Å². The number of furan rings is 2. The standard InChI is InChI=1S/C19H21NO4/c1-12-6-7-15-14(10-24-18(15)13(12)2)9-17(21)20-11-19(3,22)16-5-4-8-23-16/h4-8,10,22H,9,11H2,1-3H3,(H,20,21). The second-order valence-corrected chi connectivity index (χ2v) is 6.35. The van der Waals surface area contributed by atoms with Gasteiger partial charge in [-0.05, 0) is 44.0 Å². The first-order chi connectivity index (χ1) is 11.4. The van der Waals surface area contributed by atoms with Crippen LogP contribution in [0.4, 0.5) is 0 Å². The Labute approximate surface area is 140 Å². The molecule has 1 amide bonds. The van der Waals surface area contributed by atoms with E-state index in [0.29, 0.717) is 5.76 Å². The van der Waals surface area contributed by atoms with Crippen LogP contribution in [0.2, 0.25) is 0 Å². The molecule has 126 valence electrons. The summed E-state index contributed by atoms with van der Waals surface area (Å²) in [5, 5.41) is 14.1. The molecular formula is C19H21NO4. The fraction of sp³-hybridized carbons (Fsp3) is 0.316. The van der Waals surface area contributed by atoms with Crippen molar-refractivity contribution in [3.8, 4) is 0 Å². The maximum Gasteiger partial charge on any atom is 0.224 e. The van der Waals surface area contributed by atoms with Crippen LogP contribution in [0, 0.1) is 13.8 Å². The Morgan fingerprint density at radius 2 is 2.04 bits per heavy atom. The van der Waals surface area contributed by atoms with Crippen molar-refractivity contribution in [1.82, 2.24) is 5.32 Å². The van der Waals surface area contributed by atoms with Crippen LogP contribution in [0.5, 0.6) is 0 Å². The number of amides is 1. The number of hydrogen-bond acceptors (Lipinski definition) is 4. The van der Waals surface area contributed by atoms with Gasteiger partial charge in [0.25, 0.3) is 0 Å². The Kier molecular flexibility index (Phi) is 4.20. The molecule has 2 heterocycles. The molecule has 1 unspecified atom stereocenters. The molecule has 24 heavy (non-hydrogen) atoms. The number of fused-ring (bicyclic) bond motifs is 1. The van der Waals surface area contributed by atoms with E-state index >= 15 is 0 Å². The average Bonchev–Trinajstić information content (AvgIpc) is 3.20. The van der Waals surface area contributed by atoms with Crippen molar-refractivity contribution in [3.63, 3.8) is 0 Å². The van der Waals surface area contributed by atoms with Gasteiger partial charge in [-0.2, -0.15) is 0 Å². The monoisotopic (exact) mass is 327 g/mol. The van der Waals surface area contributed by atoms with Crippen molar-refractivity contribution in [3.05, 3.63) is 59.2 Å². The van der Waals surface area contributed by atoms with Crippen molar-refractivity contribution >= 4 is 16.9 Å². The Morgan fingerprint density at radius 3 is 2.75 bits per heavy atom. The quantitative estimate of drug-likeness (QED) is 0.754. The van der Waals surface area contributed by atoms with Crippen LogP contribution in [0.3, 0.4) is 0 Å². The minimum absolute atomic E-state index is 0.0767. The van der Waals surface area contributed by atoms with Crippen LogP contribution >= 0.6 is 0 Å². The molecule has 3 aromatic rings. The van der Waals surface area contributed by atoms with E-state index in [1.54, 1.807) is 25.3 Å². The molecule has 0 fully saturated rings. The lowest BCUT2D eigenvalue weighted by Gasteiger charge is -2.21. The third-order valence-corrected chi connectivity index (χ3v) is 4.37. The minimum atomic E-state index is -1.24. The average molecular weight is 327 g/mol. The Hall–Kier alpha value is -2.53. The maximum absolute atomic E-state index is 12.2. The highest BCUT2D eigenvalue weighted by atomic mass is 16.4. The summed E-state index contributed by atoms with van der Waals surface area (Å²) in [6, 6.07) is 7.38. The highest BCUT2D eigenvalue weighted by Crippen LogP contribution is 2.27. The zero-order chi connectivity index (χ0) is 17.3. The van der Waals surface area contributed by atoms with Gasteiger partial charge in [-0.1, -0.05) is 12.1 Å². The molecule has 0 saturated heterocycles. The van der Waals surface area contributed by atoms with Gasteiger partial charge in [0.05, 0.1) is 25.5 Å². The number of rotatable bonds is 5. The third-order valence-electron chi connectivity index (χ3n) is 4.37. The number of aryl methyl sites for hydroxylation is 2. The lowest BCUT2D eigenvalue weighted by Crippen LogP contribution is -2.39. The van der Waals surface area contributed by atoms with Crippen molar-refractivity contribution in [1.29, 1.82) is 0 Å². The summed E-state index contributed by atoms with van der Waals surface area (Å²) >= 11 is 0. The zero-order valence-electron chi connectivity index (χ0n) is 14.1. The molecule has 2 N–H and O–H groups in total. The van der Waals surface area contributed by atoms with Gasteiger partial charge in [-0.25, -0.2) is 0 Å². The number of hydrogen-bond donors (Lipinski definition) is 2. The number of aliphatic hydroxyl groups is 1. The molecule has 0 spiro atoms. The van der Waals surface area contributed by atoms with Crippen molar-refractivity contribution < 1.29 is 18.7 Å². The van der Waals surface area contributed by atoms with Gasteiger partial charge in [0.15, 0.2) is 0 Å². The summed E-state index contributed by atoms with van der Waals surface area (Å²) in [4.78, 5) is 12.2. The molecule has 5 heteroatoms. The third kappa shape index (κ3) is 3.08. The first-order valence-electron chi connectivity index (χ1n) is 7.88. The largest absolute Gasteiger partial charge is 0.466 e. The second kappa shape index (κ2) is 6.17. The van der Waals surface area contributed by atoms with Crippen LogP contribution < -0.4 is 5.32 Å². The summed E-state index contributed by atoms with van der Waals surface area (Å²) in [6.07, 6.45) is 3.32. The van der Waals surface area contributed by atoms with Gasteiger partial charge >= 0.3 is 0 Å². The van der Waals surface area contributed by atoms with Crippen LogP contribution in [0.1, 0.15) is 29.4 Å². The maximum atomic E-state index is 12.2. The highest BCUT2D eigenvalue weighted by molar-refractivity contribution is 5.89. The molecule has 2 aromatic heterocycles. The topological polar surface area (TPSA) is 75.6 Å². The number of carbonyl (C=O) groups excluding carboxylic acids is 1. The van der Waals surface area contributed by atoms with Crippen molar-refractivity contribution in [2.24, 2.45) is 0 Å². The van der Waals surface area contributed by atoms with E-state index in [9.17, 15) is 9.90 Å². The SMILES string of the molecule is Cc1ccc2c(CC(=O)NCC(C)(O)c3ccco3)coc2c1C. The molecular weight excluding hydrogens is 306 g/mol. The van der Waals surface area contributed by atoms with Gasteiger partial charge in [-0.15, -0.1) is 0 Å². The highest BCUT2D eigenvalue weighted by Gasteiger charge is 2.27. The van der Waals surface area contributed by atoms with Crippen LogP contribution in [-0.4, -0.2) is 17.6 Å². The van der Waals surface area contributed by atoms with Crippen LogP contribution in [0.15, 0.2) is 45.6 Å². The number of carbonyl (C=O) groups is 1. The van der Waals surface area contributed by atoms with Gasteiger partial charge in [0.1, 0.15) is 16.9 Å². The molecule has 3 rings (SSSR count). The summed E-state index contributed by atoms with van der Waals surface area (Å²) in [7, 11) is 0. The molecule has 0 radical (unpaired) electrons. The van der Waals surface area contributed by atoms with Crippen LogP contribution in [0.25, 0.3) is 11.0 Å². The molecule has 0 aliphatic carbocycles. The van der Waals surface area contributed by atoms with Gasteiger partial charge in [-0.3, -0.25) is 4.79 Å². The fourth-order valence-corrected chi connectivity index (χ4v) is 2.70. The second-order valence-electron chi connectivity index (χ2n) is 6.35. The number of nitrogens with one attached hydrogen (secondary N) is 1. The first-order valence-corrected chi connectivity index (χ1v) is 7.88. The smallest absolute Gasteiger partial charge is 0.224 e. The normalized spacial score (nSPS) is 13.8. The molecule has 0 saturated carbocycles. The van der Waals surface area contributed by atoms with E-state index in [0.717, 1.165) is 27.7 Å². The summed E-state index contributed by atoms with van der Waals surface area (Å²) < 4.78 is 10.8. The van der Waals surface area contributed by atoms with E-state index in [-0.39, 0.29) is 18.9 Å². The van der Waals surface area contributed by atoms with E-state index in [4.69, 9.17) is 8.83 Å². The van der Waals surface area contributed by atoms with Gasteiger partial charge < -0.3 is 19.3 Å². The minimum Gasteiger partial charge on any atom is -0.466 e. The Bertz CT molecular complexity index is 859. The molecule has 0 aliphatic heterocycles. The lowest BCUT2D eigenvalue weighted by atomic mass is 10.0. The van der Waals surface area contributed by atoms with E-state index < -0.39 is 5.60 Å². The summed E-state index contributed by atoms with van der Waals surface area (Å²) in [5.41, 5.74) is 2.65. The predicted octanol–water partition coefficient (Wildman–Crippen LogP) is 3.21. The number of benzene rings is 1. The molecule has 0 bridgehead atoms. The zero-order valence-corrected chi connectivity index (χ0v) is 14.1. The first kappa shape index (κ1) is 16.3. The van der Waals surface area contributed by atoms with E-state index in [2.05, 4.69) is 5.32 Å². The van der Waals surface area contributed by atoms with E-state index in [1.807, 2.05) is 26.0 Å². The summed E-state index contributed by atoms with van der Waals surface area (Å²) in [6.45, 7) is 5.71. The Morgan fingerprint density at radius 1 is 1.25 bits per heavy atom. The Balaban J connectivity index is 1.69. The van der Waals surface area contributed by atoms with Gasteiger partial charge in [0, 0.05) is 10.9 Å². The molecule has 1 atom stereocenters. The van der Waals surface area contributed by atoms with Crippen molar-refractivity contribution in [2.75, 3.05) is 6.54 Å².